The van der Waals surface area contributed by atoms with Crippen LogP contribution in [-0.4, -0.2) is 11.7 Å². The molecule has 80 valence electrons. The normalized spacial score (nSPS) is 16.7. The van der Waals surface area contributed by atoms with E-state index in [2.05, 4.69) is 0 Å². The molecule has 1 aromatic rings. The first-order valence-corrected chi connectivity index (χ1v) is 5.67. The van der Waals surface area contributed by atoms with Crippen LogP contribution in [0.2, 0.25) is 0 Å². The van der Waals surface area contributed by atoms with E-state index in [4.69, 9.17) is 5.73 Å². The molecule has 0 aliphatic heterocycles. The summed E-state index contributed by atoms with van der Waals surface area (Å²) in [5.41, 5.74) is 5.47. The Labute approximate surface area is 89.8 Å². The third kappa shape index (κ3) is 1.85. The molecule has 1 atom stereocenters. The van der Waals surface area contributed by atoms with Gasteiger partial charge >= 0.3 is 0 Å². The number of rotatable bonds is 2. The molecule has 1 rings (SSSR count). The first-order chi connectivity index (χ1) is 6.31. The van der Waals surface area contributed by atoms with E-state index in [1.165, 1.54) is 4.88 Å². The van der Waals surface area contributed by atoms with Gasteiger partial charge in [0.1, 0.15) is 5.60 Å². The summed E-state index contributed by atoms with van der Waals surface area (Å²) >= 11 is 1.65. The first-order valence-electron chi connectivity index (χ1n) is 4.79. The molecule has 1 aromatic heterocycles. The van der Waals surface area contributed by atoms with E-state index in [1.807, 2.05) is 39.1 Å². The van der Waals surface area contributed by atoms with Gasteiger partial charge in [-0.25, -0.2) is 0 Å². The molecule has 14 heavy (non-hydrogen) atoms. The van der Waals surface area contributed by atoms with Gasteiger partial charge in [-0.05, 0) is 29.3 Å². The highest BCUT2D eigenvalue weighted by atomic mass is 32.1. The van der Waals surface area contributed by atoms with E-state index in [0.29, 0.717) is 0 Å². The van der Waals surface area contributed by atoms with Crippen molar-refractivity contribution in [2.24, 2.45) is 11.1 Å². The van der Waals surface area contributed by atoms with E-state index in [0.717, 1.165) is 5.56 Å². The molecule has 0 saturated heterocycles. The number of aryl methyl sites for hydroxylation is 1. The fourth-order valence-electron chi connectivity index (χ4n) is 1.52. The number of thiophene rings is 1. The molecule has 0 fully saturated rings. The maximum Gasteiger partial charge on any atom is 0.107 e. The largest absolute Gasteiger partial charge is 0.383 e. The zero-order valence-electron chi connectivity index (χ0n) is 9.29. The van der Waals surface area contributed by atoms with E-state index >= 15 is 0 Å². The molecule has 0 aliphatic carbocycles. The summed E-state index contributed by atoms with van der Waals surface area (Å²) in [4.78, 5) is 1.20. The average molecular weight is 213 g/mol. The lowest BCUT2D eigenvalue weighted by molar-refractivity contribution is -0.0554. The average Bonchev–Trinajstić information content (AvgIpc) is 2.48. The van der Waals surface area contributed by atoms with Crippen LogP contribution in [0.5, 0.6) is 0 Å². The van der Waals surface area contributed by atoms with Crippen molar-refractivity contribution in [2.75, 3.05) is 6.54 Å². The van der Waals surface area contributed by atoms with Gasteiger partial charge in [0, 0.05) is 11.4 Å². The van der Waals surface area contributed by atoms with Crippen molar-refractivity contribution in [3.63, 3.8) is 0 Å². The van der Waals surface area contributed by atoms with Gasteiger partial charge in [0.2, 0.25) is 0 Å². The SMILES string of the molecule is Cc1cc(C(O)(CN)C(C)(C)C)cs1. The fraction of sp³-hybridized carbons (Fsp3) is 0.636. The van der Waals surface area contributed by atoms with Gasteiger partial charge in [-0.1, -0.05) is 20.8 Å². The smallest absolute Gasteiger partial charge is 0.107 e. The predicted octanol–water partition coefficient (Wildman–Crippen LogP) is 2.25. The van der Waals surface area contributed by atoms with Crippen LogP contribution in [0.25, 0.3) is 0 Å². The zero-order chi connectivity index (χ0) is 11.0. The van der Waals surface area contributed by atoms with Gasteiger partial charge in [0.15, 0.2) is 0 Å². The van der Waals surface area contributed by atoms with Gasteiger partial charge in [-0.15, -0.1) is 11.3 Å². The Hall–Kier alpha value is -0.380. The summed E-state index contributed by atoms with van der Waals surface area (Å²) in [5.74, 6) is 0. The lowest BCUT2D eigenvalue weighted by atomic mass is 9.73. The van der Waals surface area contributed by atoms with Crippen LogP contribution >= 0.6 is 11.3 Å². The van der Waals surface area contributed by atoms with Crippen molar-refractivity contribution >= 4 is 11.3 Å². The van der Waals surface area contributed by atoms with Crippen LogP contribution < -0.4 is 5.73 Å². The number of hydrogen-bond acceptors (Lipinski definition) is 3. The Morgan fingerprint density at radius 3 is 2.29 bits per heavy atom. The summed E-state index contributed by atoms with van der Waals surface area (Å²) in [6, 6.07) is 2.02. The number of aliphatic hydroxyl groups is 1. The standard InChI is InChI=1S/C11H19NOS/c1-8-5-9(6-14-8)11(13,7-12)10(2,3)4/h5-6,13H,7,12H2,1-4H3. The quantitative estimate of drug-likeness (QED) is 0.791. The van der Waals surface area contributed by atoms with Crippen LogP contribution in [0.3, 0.4) is 0 Å². The molecule has 0 radical (unpaired) electrons. The van der Waals surface area contributed by atoms with Crippen molar-refractivity contribution < 1.29 is 5.11 Å². The highest BCUT2D eigenvalue weighted by Gasteiger charge is 2.40. The molecule has 0 amide bonds. The molecule has 0 aromatic carbocycles. The van der Waals surface area contributed by atoms with E-state index in [-0.39, 0.29) is 12.0 Å². The fourth-order valence-corrected chi connectivity index (χ4v) is 2.29. The third-order valence-electron chi connectivity index (χ3n) is 2.74. The summed E-state index contributed by atoms with van der Waals surface area (Å²) in [7, 11) is 0. The molecule has 0 spiro atoms. The van der Waals surface area contributed by atoms with Crippen molar-refractivity contribution in [3.05, 3.63) is 21.9 Å². The Kier molecular flexibility index (Phi) is 3.04. The van der Waals surface area contributed by atoms with Crippen LogP contribution in [-0.2, 0) is 5.60 Å². The number of hydrogen-bond donors (Lipinski definition) is 2. The van der Waals surface area contributed by atoms with Gasteiger partial charge in [0.25, 0.3) is 0 Å². The van der Waals surface area contributed by atoms with Gasteiger partial charge in [0.05, 0.1) is 0 Å². The molecule has 3 heteroatoms. The van der Waals surface area contributed by atoms with Crippen LogP contribution in [0.15, 0.2) is 11.4 Å². The molecular formula is C11H19NOS. The summed E-state index contributed by atoms with van der Waals surface area (Å²) in [6.07, 6.45) is 0. The van der Waals surface area contributed by atoms with E-state index in [9.17, 15) is 5.11 Å². The molecule has 0 aliphatic rings. The second-order valence-corrected chi connectivity index (χ2v) is 5.88. The molecule has 3 N–H and O–H groups in total. The Morgan fingerprint density at radius 1 is 1.43 bits per heavy atom. The molecule has 1 unspecified atom stereocenters. The first kappa shape index (κ1) is 11.7. The lowest BCUT2D eigenvalue weighted by Gasteiger charge is -2.39. The maximum absolute atomic E-state index is 10.5. The third-order valence-corrected chi connectivity index (χ3v) is 3.61. The Bertz CT molecular complexity index is 313. The zero-order valence-corrected chi connectivity index (χ0v) is 10.1. The van der Waals surface area contributed by atoms with Gasteiger partial charge < -0.3 is 10.8 Å². The summed E-state index contributed by atoms with van der Waals surface area (Å²) in [6.45, 7) is 8.31. The van der Waals surface area contributed by atoms with Crippen LogP contribution in [0.1, 0.15) is 31.2 Å². The molecule has 0 bridgehead atoms. The molecule has 0 saturated carbocycles. The lowest BCUT2D eigenvalue weighted by Crippen LogP contribution is -2.46. The minimum atomic E-state index is -0.919. The minimum Gasteiger partial charge on any atom is -0.383 e. The minimum absolute atomic E-state index is 0.241. The molecular weight excluding hydrogens is 194 g/mol. The van der Waals surface area contributed by atoms with E-state index in [1.54, 1.807) is 11.3 Å². The number of nitrogens with two attached hydrogens (primary N) is 1. The second-order valence-electron chi connectivity index (χ2n) is 4.76. The predicted molar refractivity (Wildman–Crippen MR) is 61.5 cm³/mol. The van der Waals surface area contributed by atoms with Gasteiger partial charge in [-0.3, -0.25) is 0 Å². The summed E-state index contributed by atoms with van der Waals surface area (Å²) in [5, 5.41) is 12.5. The maximum atomic E-state index is 10.5. The van der Waals surface area contributed by atoms with Crippen molar-refractivity contribution in [1.82, 2.24) is 0 Å². The van der Waals surface area contributed by atoms with Crippen molar-refractivity contribution in [2.45, 2.75) is 33.3 Å². The Balaban J connectivity index is 3.14. The topological polar surface area (TPSA) is 46.2 Å². The Morgan fingerprint density at radius 2 is 2.00 bits per heavy atom. The monoisotopic (exact) mass is 213 g/mol. The molecule has 1 heterocycles. The highest BCUT2D eigenvalue weighted by molar-refractivity contribution is 7.10. The van der Waals surface area contributed by atoms with E-state index < -0.39 is 5.60 Å². The van der Waals surface area contributed by atoms with Crippen LogP contribution in [0, 0.1) is 12.3 Å². The highest BCUT2D eigenvalue weighted by Crippen LogP contribution is 2.39. The van der Waals surface area contributed by atoms with Crippen molar-refractivity contribution in [1.29, 1.82) is 0 Å². The summed E-state index contributed by atoms with van der Waals surface area (Å²) < 4.78 is 0. The second kappa shape index (κ2) is 3.65. The van der Waals surface area contributed by atoms with Gasteiger partial charge in [-0.2, -0.15) is 0 Å². The van der Waals surface area contributed by atoms with Crippen LogP contribution in [0.4, 0.5) is 0 Å². The molecule has 2 nitrogen and oxygen atoms in total. The van der Waals surface area contributed by atoms with Crippen molar-refractivity contribution in [3.8, 4) is 0 Å².